The molecule has 7 nitrogen and oxygen atoms in total. The molecule has 7 heteroatoms. The van der Waals surface area contributed by atoms with E-state index in [0.29, 0.717) is 34.9 Å². The van der Waals surface area contributed by atoms with E-state index in [1.807, 2.05) is 0 Å². The van der Waals surface area contributed by atoms with E-state index in [-0.39, 0.29) is 19.1 Å². The fourth-order valence-corrected chi connectivity index (χ4v) is 2.17. The Morgan fingerprint density at radius 2 is 1.81 bits per heavy atom. The number of amides is 1. The fraction of sp³-hybridized carbons (Fsp3) is 0.263. The maximum atomic E-state index is 12.0. The van der Waals surface area contributed by atoms with Crippen LogP contribution in [0, 0.1) is 0 Å². The molecule has 0 fully saturated rings. The highest BCUT2D eigenvalue weighted by Crippen LogP contribution is 2.28. The van der Waals surface area contributed by atoms with E-state index < -0.39 is 5.97 Å². The first-order valence-electron chi connectivity index (χ1n) is 8.05. The SMILES string of the molecule is CCOC(=O)c1ccc(NC(=O)COc2ccc(CO)cc2OC)cc1. The van der Waals surface area contributed by atoms with Crippen LogP contribution in [0.4, 0.5) is 5.69 Å². The number of hydrogen-bond donors (Lipinski definition) is 2. The third-order valence-corrected chi connectivity index (χ3v) is 3.45. The molecule has 1 amide bonds. The van der Waals surface area contributed by atoms with Crippen molar-refractivity contribution in [2.24, 2.45) is 0 Å². The van der Waals surface area contributed by atoms with Gasteiger partial charge in [-0.15, -0.1) is 0 Å². The highest BCUT2D eigenvalue weighted by Gasteiger charge is 2.10. The van der Waals surface area contributed by atoms with Crippen molar-refractivity contribution in [1.29, 1.82) is 0 Å². The zero-order valence-corrected chi connectivity index (χ0v) is 14.7. The molecule has 2 aromatic rings. The minimum Gasteiger partial charge on any atom is -0.493 e. The van der Waals surface area contributed by atoms with Crippen molar-refractivity contribution in [3.05, 3.63) is 53.6 Å². The Bertz CT molecular complexity index is 757. The Labute approximate surface area is 151 Å². The summed E-state index contributed by atoms with van der Waals surface area (Å²) in [4.78, 5) is 23.6. The van der Waals surface area contributed by atoms with Gasteiger partial charge in [0, 0.05) is 5.69 Å². The van der Waals surface area contributed by atoms with Gasteiger partial charge in [-0.05, 0) is 48.9 Å². The zero-order chi connectivity index (χ0) is 18.9. The number of nitrogens with one attached hydrogen (secondary N) is 1. The molecular formula is C19H21NO6. The van der Waals surface area contributed by atoms with Crippen LogP contribution in [0.5, 0.6) is 11.5 Å². The molecule has 0 aliphatic heterocycles. The summed E-state index contributed by atoms with van der Waals surface area (Å²) >= 11 is 0. The van der Waals surface area contributed by atoms with Crippen molar-refractivity contribution in [2.45, 2.75) is 13.5 Å². The molecule has 0 bridgehead atoms. The number of rotatable bonds is 8. The topological polar surface area (TPSA) is 94.1 Å². The van der Waals surface area contributed by atoms with Crippen molar-refractivity contribution in [3.8, 4) is 11.5 Å². The first kappa shape index (κ1) is 19.3. The number of aliphatic hydroxyl groups is 1. The van der Waals surface area contributed by atoms with Crippen LogP contribution in [-0.2, 0) is 16.1 Å². The van der Waals surface area contributed by atoms with E-state index >= 15 is 0 Å². The molecule has 0 atom stereocenters. The largest absolute Gasteiger partial charge is 0.493 e. The summed E-state index contributed by atoms with van der Waals surface area (Å²) in [5.41, 5.74) is 1.63. The number of aliphatic hydroxyl groups excluding tert-OH is 1. The molecule has 0 saturated carbocycles. The lowest BCUT2D eigenvalue weighted by Gasteiger charge is -2.12. The average molecular weight is 359 g/mol. The summed E-state index contributed by atoms with van der Waals surface area (Å²) in [7, 11) is 1.48. The number of carbonyl (C=O) groups excluding carboxylic acids is 2. The quantitative estimate of drug-likeness (QED) is 0.703. The molecule has 0 unspecified atom stereocenters. The third-order valence-electron chi connectivity index (χ3n) is 3.45. The predicted molar refractivity (Wildman–Crippen MR) is 95.4 cm³/mol. The van der Waals surface area contributed by atoms with Crippen molar-refractivity contribution in [3.63, 3.8) is 0 Å². The van der Waals surface area contributed by atoms with E-state index in [0.717, 1.165) is 0 Å². The van der Waals surface area contributed by atoms with Gasteiger partial charge >= 0.3 is 5.97 Å². The summed E-state index contributed by atoms with van der Waals surface area (Å²) in [5.74, 6) is 0.0648. The summed E-state index contributed by atoms with van der Waals surface area (Å²) in [6.07, 6.45) is 0. The van der Waals surface area contributed by atoms with Crippen LogP contribution >= 0.6 is 0 Å². The lowest BCUT2D eigenvalue weighted by atomic mass is 10.2. The number of carbonyl (C=O) groups is 2. The first-order valence-corrected chi connectivity index (χ1v) is 8.05. The van der Waals surface area contributed by atoms with Gasteiger partial charge in [-0.3, -0.25) is 4.79 Å². The Hall–Kier alpha value is -3.06. The molecule has 0 aliphatic rings. The second-order valence-electron chi connectivity index (χ2n) is 5.28. The molecule has 2 N–H and O–H groups in total. The van der Waals surface area contributed by atoms with Crippen LogP contribution in [-0.4, -0.2) is 37.3 Å². The lowest BCUT2D eigenvalue weighted by Crippen LogP contribution is -2.20. The van der Waals surface area contributed by atoms with Gasteiger partial charge in [0.15, 0.2) is 18.1 Å². The molecule has 26 heavy (non-hydrogen) atoms. The van der Waals surface area contributed by atoms with Crippen molar-refractivity contribution in [1.82, 2.24) is 0 Å². The van der Waals surface area contributed by atoms with Crippen molar-refractivity contribution in [2.75, 3.05) is 25.6 Å². The predicted octanol–water partition coefficient (Wildman–Crippen LogP) is 2.38. The van der Waals surface area contributed by atoms with Gasteiger partial charge in [-0.1, -0.05) is 6.07 Å². The van der Waals surface area contributed by atoms with Crippen molar-refractivity contribution < 1.29 is 28.9 Å². The normalized spacial score (nSPS) is 10.1. The van der Waals surface area contributed by atoms with Gasteiger partial charge in [0.05, 0.1) is 25.9 Å². The van der Waals surface area contributed by atoms with Gasteiger partial charge in [0.2, 0.25) is 0 Å². The molecule has 0 aromatic heterocycles. The molecule has 0 spiro atoms. The molecule has 138 valence electrons. The van der Waals surface area contributed by atoms with E-state index in [9.17, 15) is 9.59 Å². The summed E-state index contributed by atoms with van der Waals surface area (Å²) in [6, 6.07) is 11.3. The minimum atomic E-state index is -0.410. The Morgan fingerprint density at radius 1 is 1.08 bits per heavy atom. The highest BCUT2D eigenvalue weighted by molar-refractivity contribution is 5.93. The van der Waals surface area contributed by atoms with Crippen LogP contribution in [0.3, 0.4) is 0 Å². The number of esters is 1. The van der Waals surface area contributed by atoms with Gasteiger partial charge in [-0.25, -0.2) is 4.79 Å². The second kappa shape index (κ2) is 9.43. The summed E-state index contributed by atoms with van der Waals surface area (Å²) < 4.78 is 15.5. The summed E-state index contributed by atoms with van der Waals surface area (Å²) in [5, 5.41) is 11.8. The Kier molecular flexibility index (Phi) is 6.99. The first-order chi connectivity index (χ1) is 12.6. The number of methoxy groups -OCH3 is 1. The van der Waals surface area contributed by atoms with Gasteiger partial charge in [-0.2, -0.15) is 0 Å². The molecule has 0 aliphatic carbocycles. The van der Waals surface area contributed by atoms with E-state index in [2.05, 4.69) is 5.32 Å². The molecular weight excluding hydrogens is 338 g/mol. The third kappa shape index (κ3) is 5.22. The number of hydrogen-bond acceptors (Lipinski definition) is 6. The zero-order valence-electron chi connectivity index (χ0n) is 14.7. The maximum absolute atomic E-state index is 12.0. The Morgan fingerprint density at radius 3 is 2.42 bits per heavy atom. The van der Waals surface area contributed by atoms with Gasteiger partial charge in [0.1, 0.15) is 0 Å². The molecule has 0 saturated heterocycles. The van der Waals surface area contributed by atoms with Crippen LogP contribution < -0.4 is 14.8 Å². The Balaban J connectivity index is 1.92. The number of benzene rings is 2. The summed E-state index contributed by atoms with van der Waals surface area (Å²) in [6.45, 7) is 1.71. The van der Waals surface area contributed by atoms with Crippen molar-refractivity contribution >= 4 is 17.6 Å². The highest BCUT2D eigenvalue weighted by atomic mass is 16.5. The van der Waals surface area contributed by atoms with Crippen LogP contribution in [0.2, 0.25) is 0 Å². The fourth-order valence-electron chi connectivity index (χ4n) is 2.17. The average Bonchev–Trinajstić information content (AvgIpc) is 2.67. The second-order valence-corrected chi connectivity index (χ2v) is 5.28. The van der Waals surface area contributed by atoms with E-state index in [1.54, 1.807) is 49.4 Å². The molecule has 0 heterocycles. The van der Waals surface area contributed by atoms with E-state index in [4.69, 9.17) is 19.3 Å². The standard InChI is InChI=1S/C19H21NO6/c1-3-25-19(23)14-5-7-15(8-6-14)20-18(22)12-26-16-9-4-13(11-21)10-17(16)24-2/h4-10,21H,3,11-12H2,1-2H3,(H,20,22). The smallest absolute Gasteiger partial charge is 0.338 e. The van der Waals surface area contributed by atoms with Crippen LogP contribution in [0.1, 0.15) is 22.8 Å². The molecule has 2 rings (SSSR count). The number of anilines is 1. The monoisotopic (exact) mass is 359 g/mol. The van der Waals surface area contributed by atoms with Gasteiger partial charge in [0.25, 0.3) is 5.91 Å². The van der Waals surface area contributed by atoms with Crippen LogP contribution in [0.25, 0.3) is 0 Å². The lowest BCUT2D eigenvalue weighted by molar-refractivity contribution is -0.118. The maximum Gasteiger partial charge on any atom is 0.338 e. The molecule has 2 aromatic carbocycles. The molecule has 0 radical (unpaired) electrons. The number of ether oxygens (including phenoxy) is 3. The van der Waals surface area contributed by atoms with E-state index in [1.165, 1.54) is 7.11 Å². The van der Waals surface area contributed by atoms with Crippen LogP contribution in [0.15, 0.2) is 42.5 Å². The minimum absolute atomic E-state index is 0.112. The van der Waals surface area contributed by atoms with Gasteiger partial charge < -0.3 is 24.6 Å².